The van der Waals surface area contributed by atoms with E-state index < -0.39 is 11.2 Å². The van der Waals surface area contributed by atoms with Crippen molar-refractivity contribution in [3.8, 4) is 0 Å². The van der Waals surface area contributed by atoms with Crippen LogP contribution in [-0.4, -0.2) is 11.2 Å². The second-order valence-corrected chi connectivity index (χ2v) is 2.46. The van der Waals surface area contributed by atoms with E-state index in [1.807, 2.05) is 0 Å². The van der Waals surface area contributed by atoms with E-state index in [0.29, 0.717) is 0 Å². The third-order valence-corrected chi connectivity index (χ3v) is 0.763. The van der Waals surface area contributed by atoms with Crippen LogP contribution in [0.2, 0.25) is 0 Å². The molecule has 0 spiro atoms. The number of alkyl halides is 3. The molecule has 0 aromatic carbocycles. The predicted molar refractivity (Wildman–Crippen MR) is 25.7 cm³/mol. The van der Waals surface area contributed by atoms with Gasteiger partial charge in [-0.25, -0.2) is 9.50 Å². The molecule has 0 saturated carbocycles. The van der Waals surface area contributed by atoms with Crippen LogP contribution in [0, 0.1) is 0 Å². The highest BCUT2D eigenvalue weighted by molar-refractivity contribution is 6.47. The fourth-order valence-corrected chi connectivity index (χ4v) is 0.270. The topological polar surface area (TPSA) is 19.9 Å². The maximum absolute atomic E-state index is 11.7. The molecule has 0 saturated heterocycles. The lowest BCUT2D eigenvalue weighted by atomic mass is 10.5. The lowest BCUT2D eigenvalue weighted by Gasteiger charge is -2.02. The lowest BCUT2D eigenvalue weighted by molar-refractivity contribution is 0.164. The maximum Gasteiger partial charge on any atom is 0.259 e. The van der Waals surface area contributed by atoms with Gasteiger partial charge in [-0.3, -0.25) is 0 Å². The van der Waals surface area contributed by atoms with Crippen LogP contribution in [0.25, 0.3) is 0 Å². The fourth-order valence-electron chi connectivity index (χ4n) is 0.116. The molecule has 0 unspecified atom stereocenters. The van der Waals surface area contributed by atoms with E-state index in [2.05, 4.69) is 0 Å². The second-order valence-electron chi connectivity index (χ2n) is 1.07. The van der Waals surface area contributed by atoms with Gasteiger partial charge < -0.3 is 0 Å². The molecule has 0 aromatic heterocycles. The van der Waals surface area contributed by atoms with E-state index in [0.717, 1.165) is 0 Å². The summed E-state index contributed by atoms with van der Waals surface area (Å²) in [5.41, 5.74) is 0. The zero-order chi connectivity index (χ0) is 5.91. The highest BCUT2D eigenvalue weighted by Crippen LogP contribution is 2.25. The Kier molecular flexibility index (Phi) is 2.88. The molecule has 4 heteroatoms. The first kappa shape index (κ1) is 7.47. The van der Waals surface area contributed by atoms with E-state index in [1.54, 1.807) is 0 Å². The average Bonchev–Trinajstić information content (AvgIpc) is 1.30. The van der Waals surface area contributed by atoms with Crippen molar-refractivity contribution in [3.63, 3.8) is 0 Å². The monoisotopic (exact) mass is 145 g/mol. The van der Waals surface area contributed by atoms with Gasteiger partial charge in [-0.15, -0.1) is 0 Å². The molecule has 43 valence electrons. The molecule has 1 radical (unpaired) electrons. The lowest BCUT2D eigenvalue weighted by Crippen LogP contribution is -2.04. The zero-order valence-corrected chi connectivity index (χ0v) is 4.97. The molecule has 0 aromatic rings. The molecule has 1 nitrogen and oxygen atoms in total. The predicted octanol–water partition coefficient (Wildman–Crippen LogP) is 1.91. The molecule has 0 atom stereocenters. The first-order valence-corrected chi connectivity index (χ1v) is 2.47. The summed E-state index contributed by atoms with van der Waals surface area (Å²) in [5, 5.41) is 9.54. The standard InChI is InChI=1S/C3H4Cl2FO/c4-3(5,6)1-2-7/h1-2H2. The van der Waals surface area contributed by atoms with Crippen molar-refractivity contribution >= 4 is 23.2 Å². The number of rotatable bonds is 2. The van der Waals surface area contributed by atoms with Crippen LogP contribution in [0.4, 0.5) is 4.39 Å². The highest BCUT2D eigenvalue weighted by Gasteiger charge is 2.20. The highest BCUT2D eigenvalue weighted by atomic mass is 35.5. The van der Waals surface area contributed by atoms with Crippen molar-refractivity contribution in [2.24, 2.45) is 0 Å². The van der Waals surface area contributed by atoms with Gasteiger partial charge in [0.1, 0.15) is 0 Å². The van der Waals surface area contributed by atoms with Gasteiger partial charge in [0.05, 0.1) is 6.61 Å². The van der Waals surface area contributed by atoms with Crippen LogP contribution < -0.4 is 0 Å². The Morgan fingerprint density at radius 2 is 2.00 bits per heavy atom. The number of hydrogen-bond acceptors (Lipinski definition) is 0. The van der Waals surface area contributed by atoms with Gasteiger partial charge in [0.25, 0.3) is 4.59 Å². The second kappa shape index (κ2) is 2.70. The molecule has 7 heavy (non-hydrogen) atoms. The Balaban J connectivity index is 3.15. The van der Waals surface area contributed by atoms with Gasteiger partial charge in [-0.2, -0.15) is 0 Å². The molecule has 0 aliphatic carbocycles. The molecular formula is C3H4Cl2FO. The first-order valence-electron chi connectivity index (χ1n) is 1.71. The number of hydrogen-bond donors (Lipinski definition) is 0. The minimum atomic E-state index is -2.32. The SMILES string of the molecule is [O]CCC(F)(Cl)Cl. The van der Waals surface area contributed by atoms with Crippen LogP contribution in [0.15, 0.2) is 0 Å². The Morgan fingerprint density at radius 1 is 1.57 bits per heavy atom. The Bertz CT molecular complexity index is 51.4. The minimum absolute atomic E-state index is 0.351. The smallest absolute Gasteiger partial charge is 0.237 e. The molecule has 0 aliphatic heterocycles. The van der Waals surface area contributed by atoms with Crippen molar-refractivity contribution < 1.29 is 9.50 Å². The van der Waals surface area contributed by atoms with Gasteiger partial charge in [-0.05, 0) is 0 Å². The van der Waals surface area contributed by atoms with Gasteiger partial charge in [0.15, 0.2) is 0 Å². The summed E-state index contributed by atoms with van der Waals surface area (Å²) in [5.74, 6) is 0. The molecule has 0 rings (SSSR count). The zero-order valence-electron chi connectivity index (χ0n) is 3.46. The Hall–Kier alpha value is 0.470. The normalized spacial score (nSPS) is 12.0. The minimum Gasteiger partial charge on any atom is -0.237 e. The van der Waals surface area contributed by atoms with Crippen LogP contribution in [0.5, 0.6) is 0 Å². The van der Waals surface area contributed by atoms with E-state index in [9.17, 15) is 9.50 Å². The first-order chi connectivity index (χ1) is 3.06. The molecule has 0 fully saturated rings. The van der Waals surface area contributed by atoms with E-state index in [-0.39, 0.29) is 6.42 Å². The van der Waals surface area contributed by atoms with E-state index >= 15 is 0 Å². The summed E-state index contributed by atoms with van der Waals surface area (Å²) in [7, 11) is 0. The molecule has 0 aliphatic rings. The Morgan fingerprint density at radius 3 is 2.00 bits per heavy atom. The van der Waals surface area contributed by atoms with Gasteiger partial charge >= 0.3 is 0 Å². The summed E-state index contributed by atoms with van der Waals surface area (Å²) in [6.45, 7) is -0.580. The summed E-state index contributed by atoms with van der Waals surface area (Å²) in [6, 6.07) is 0. The quantitative estimate of drug-likeness (QED) is 0.530. The largest absolute Gasteiger partial charge is 0.259 e. The van der Waals surface area contributed by atoms with Crippen molar-refractivity contribution in [3.05, 3.63) is 0 Å². The number of halogens is 3. The molecule has 0 bridgehead atoms. The van der Waals surface area contributed by atoms with E-state index in [1.165, 1.54) is 0 Å². The summed E-state index contributed by atoms with van der Waals surface area (Å²) in [6.07, 6.45) is -0.351. The van der Waals surface area contributed by atoms with Gasteiger partial charge in [0, 0.05) is 6.42 Å². The molecular weight excluding hydrogens is 142 g/mol. The van der Waals surface area contributed by atoms with Crippen LogP contribution >= 0.6 is 23.2 Å². The van der Waals surface area contributed by atoms with Crippen molar-refractivity contribution in [2.75, 3.05) is 6.61 Å². The van der Waals surface area contributed by atoms with Crippen LogP contribution in [0.3, 0.4) is 0 Å². The summed E-state index contributed by atoms with van der Waals surface area (Å²) in [4.78, 5) is 0. The molecule has 0 heterocycles. The Labute approximate surface area is 51.0 Å². The van der Waals surface area contributed by atoms with E-state index in [4.69, 9.17) is 23.2 Å². The fraction of sp³-hybridized carbons (Fsp3) is 1.00. The third-order valence-electron chi connectivity index (χ3n) is 0.386. The summed E-state index contributed by atoms with van der Waals surface area (Å²) >= 11 is 9.46. The molecule has 0 N–H and O–H groups in total. The maximum atomic E-state index is 11.7. The van der Waals surface area contributed by atoms with Crippen molar-refractivity contribution in [1.82, 2.24) is 0 Å². The van der Waals surface area contributed by atoms with Gasteiger partial charge in [-0.1, -0.05) is 23.2 Å². The van der Waals surface area contributed by atoms with Crippen molar-refractivity contribution in [2.45, 2.75) is 11.0 Å². The van der Waals surface area contributed by atoms with Gasteiger partial charge in [0.2, 0.25) is 0 Å². The van der Waals surface area contributed by atoms with Crippen molar-refractivity contribution in [1.29, 1.82) is 0 Å². The summed E-state index contributed by atoms with van der Waals surface area (Å²) < 4.78 is 9.40. The third kappa shape index (κ3) is 6.47. The molecule has 0 amide bonds. The van der Waals surface area contributed by atoms with Crippen LogP contribution in [0.1, 0.15) is 6.42 Å². The average molecular weight is 146 g/mol. The van der Waals surface area contributed by atoms with Crippen LogP contribution in [-0.2, 0) is 5.11 Å².